The van der Waals surface area contributed by atoms with E-state index in [1.165, 1.54) is 0 Å². The second-order valence-electron chi connectivity index (χ2n) is 4.27. The number of benzene rings is 1. The molecule has 2 rings (SSSR count). The van der Waals surface area contributed by atoms with Gasteiger partial charge in [-0.05, 0) is 46.9 Å². The van der Waals surface area contributed by atoms with E-state index in [4.69, 9.17) is 14.6 Å². The molecule has 0 radical (unpaired) electrons. The van der Waals surface area contributed by atoms with Gasteiger partial charge in [0, 0.05) is 3.57 Å². The van der Waals surface area contributed by atoms with Gasteiger partial charge in [-0.3, -0.25) is 0 Å². The summed E-state index contributed by atoms with van der Waals surface area (Å²) >= 11 is 2.14. The van der Waals surface area contributed by atoms with Gasteiger partial charge in [-0.25, -0.2) is 0 Å². The molecule has 6 nitrogen and oxygen atoms in total. The van der Waals surface area contributed by atoms with E-state index in [-0.39, 0.29) is 0 Å². The lowest BCUT2D eigenvalue weighted by molar-refractivity contribution is -0.277. The Bertz CT molecular complexity index is 409. The van der Waals surface area contributed by atoms with Crippen LogP contribution in [0.3, 0.4) is 0 Å². The standard InChI is InChI=1S/C12H15IO6/c13-6-1-3-7(4-2-6)18-12-11(17)10(16)9(15)8(5-14)19-12/h1-4,8-12,14-17H,5H2/t8-,9+,10+,11-,12-/m1/s1. The molecule has 5 atom stereocenters. The van der Waals surface area contributed by atoms with Gasteiger partial charge < -0.3 is 29.9 Å². The van der Waals surface area contributed by atoms with E-state index in [9.17, 15) is 15.3 Å². The van der Waals surface area contributed by atoms with Crippen molar-refractivity contribution in [3.8, 4) is 5.75 Å². The maximum absolute atomic E-state index is 9.79. The first-order chi connectivity index (χ1) is 9.02. The van der Waals surface area contributed by atoms with Gasteiger partial charge in [0.2, 0.25) is 6.29 Å². The monoisotopic (exact) mass is 382 g/mol. The van der Waals surface area contributed by atoms with Crippen LogP contribution in [0.25, 0.3) is 0 Å². The first kappa shape index (κ1) is 14.9. The Hall–Kier alpha value is -0.450. The van der Waals surface area contributed by atoms with Gasteiger partial charge >= 0.3 is 0 Å². The Kier molecular flexibility index (Phi) is 4.98. The number of hydrogen-bond donors (Lipinski definition) is 4. The fourth-order valence-corrected chi connectivity index (χ4v) is 2.17. The van der Waals surface area contributed by atoms with Crippen LogP contribution in [0.15, 0.2) is 24.3 Å². The summed E-state index contributed by atoms with van der Waals surface area (Å²) in [4.78, 5) is 0. The lowest BCUT2D eigenvalue weighted by Gasteiger charge is -2.39. The van der Waals surface area contributed by atoms with Crippen LogP contribution in [0.4, 0.5) is 0 Å². The van der Waals surface area contributed by atoms with Crippen molar-refractivity contribution in [2.45, 2.75) is 30.7 Å². The number of ether oxygens (including phenoxy) is 2. The van der Waals surface area contributed by atoms with Crippen LogP contribution in [-0.2, 0) is 4.74 Å². The topological polar surface area (TPSA) is 99.4 Å². The van der Waals surface area contributed by atoms with Crippen molar-refractivity contribution in [1.82, 2.24) is 0 Å². The van der Waals surface area contributed by atoms with E-state index in [0.717, 1.165) is 3.57 Å². The number of halogens is 1. The third-order valence-corrected chi connectivity index (χ3v) is 3.63. The molecule has 1 aliphatic heterocycles. The third kappa shape index (κ3) is 3.36. The van der Waals surface area contributed by atoms with Crippen molar-refractivity contribution < 1.29 is 29.9 Å². The SMILES string of the molecule is OC[C@H]1O[C@@H](Oc2ccc(I)cc2)[C@H](O)[C@@H](O)[C@H]1O. The molecule has 0 saturated carbocycles. The average Bonchev–Trinajstić information content (AvgIpc) is 2.42. The summed E-state index contributed by atoms with van der Waals surface area (Å²) < 4.78 is 11.7. The Morgan fingerprint density at radius 2 is 1.68 bits per heavy atom. The van der Waals surface area contributed by atoms with E-state index >= 15 is 0 Å². The van der Waals surface area contributed by atoms with Crippen molar-refractivity contribution >= 4 is 22.6 Å². The highest BCUT2D eigenvalue weighted by molar-refractivity contribution is 14.1. The van der Waals surface area contributed by atoms with E-state index < -0.39 is 37.3 Å². The molecule has 4 N–H and O–H groups in total. The molecule has 0 spiro atoms. The summed E-state index contributed by atoms with van der Waals surface area (Å²) in [5, 5.41) is 38.1. The molecule has 0 aliphatic carbocycles. The van der Waals surface area contributed by atoms with E-state index in [1.54, 1.807) is 12.1 Å². The van der Waals surface area contributed by atoms with Gasteiger partial charge in [-0.1, -0.05) is 0 Å². The van der Waals surface area contributed by atoms with Gasteiger partial charge in [0.1, 0.15) is 30.2 Å². The summed E-state index contributed by atoms with van der Waals surface area (Å²) in [5.74, 6) is 0.463. The fraction of sp³-hybridized carbons (Fsp3) is 0.500. The quantitative estimate of drug-likeness (QED) is 0.525. The summed E-state index contributed by atoms with van der Waals surface area (Å²) in [7, 11) is 0. The van der Waals surface area contributed by atoms with E-state index in [2.05, 4.69) is 22.6 Å². The molecule has 106 valence electrons. The zero-order valence-electron chi connectivity index (χ0n) is 9.89. The molecule has 0 bridgehead atoms. The van der Waals surface area contributed by atoms with Crippen LogP contribution in [0.1, 0.15) is 0 Å². The zero-order chi connectivity index (χ0) is 14.0. The summed E-state index contributed by atoms with van der Waals surface area (Å²) in [6.45, 7) is -0.475. The number of aliphatic hydroxyl groups excluding tert-OH is 4. The minimum absolute atomic E-state index is 0.463. The van der Waals surface area contributed by atoms with Crippen LogP contribution in [0.2, 0.25) is 0 Å². The molecule has 7 heteroatoms. The summed E-state index contributed by atoms with van der Waals surface area (Å²) in [5.41, 5.74) is 0. The number of rotatable bonds is 3. The number of hydrogen-bond acceptors (Lipinski definition) is 6. The first-order valence-electron chi connectivity index (χ1n) is 5.75. The van der Waals surface area contributed by atoms with E-state index in [0.29, 0.717) is 5.75 Å². The largest absolute Gasteiger partial charge is 0.462 e. The Balaban J connectivity index is 2.08. The highest BCUT2D eigenvalue weighted by Crippen LogP contribution is 2.24. The highest BCUT2D eigenvalue weighted by atomic mass is 127. The Morgan fingerprint density at radius 3 is 2.26 bits per heavy atom. The van der Waals surface area contributed by atoms with Crippen LogP contribution in [-0.4, -0.2) is 57.7 Å². The molecule has 1 fully saturated rings. The molecule has 1 heterocycles. The summed E-state index contributed by atoms with van der Waals surface area (Å²) in [6, 6.07) is 7.03. The van der Waals surface area contributed by atoms with Crippen molar-refractivity contribution in [2.75, 3.05) is 6.61 Å². The molecular formula is C12H15IO6. The zero-order valence-corrected chi connectivity index (χ0v) is 12.0. The predicted octanol–water partition coefficient (Wildman–Crippen LogP) is -0.530. The summed E-state index contributed by atoms with van der Waals surface area (Å²) in [6.07, 6.45) is -6.31. The average molecular weight is 382 g/mol. The lowest BCUT2D eigenvalue weighted by Crippen LogP contribution is -2.60. The Labute approximate surface area is 123 Å². The second kappa shape index (κ2) is 6.33. The fourth-order valence-electron chi connectivity index (χ4n) is 1.81. The normalized spacial score (nSPS) is 35.1. The third-order valence-electron chi connectivity index (χ3n) is 2.91. The molecular weight excluding hydrogens is 367 g/mol. The van der Waals surface area contributed by atoms with E-state index in [1.807, 2.05) is 12.1 Å². The minimum Gasteiger partial charge on any atom is -0.462 e. The smallest absolute Gasteiger partial charge is 0.229 e. The molecule has 19 heavy (non-hydrogen) atoms. The van der Waals surface area contributed by atoms with Gasteiger partial charge in [0.05, 0.1) is 6.61 Å². The molecule has 1 saturated heterocycles. The molecule has 1 aromatic rings. The minimum atomic E-state index is -1.43. The maximum atomic E-state index is 9.79. The van der Waals surface area contributed by atoms with Crippen molar-refractivity contribution in [3.63, 3.8) is 0 Å². The first-order valence-corrected chi connectivity index (χ1v) is 6.83. The van der Waals surface area contributed by atoms with Crippen molar-refractivity contribution in [3.05, 3.63) is 27.8 Å². The van der Waals surface area contributed by atoms with Gasteiger partial charge in [-0.2, -0.15) is 0 Å². The molecule has 0 unspecified atom stereocenters. The lowest BCUT2D eigenvalue weighted by atomic mass is 9.99. The maximum Gasteiger partial charge on any atom is 0.229 e. The van der Waals surface area contributed by atoms with Crippen LogP contribution < -0.4 is 4.74 Å². The van der Waals surface area contributed by atoms with Gasteiger partial charge in [-0.15, -0.1) is 0 Å². The van der Waals surface area contributed by atoms with Crippen LogP contribution in [0, 0.1) is 3.57 Å². The van der Waals surface area contributed by atoms with Crippen LogP contribution in [0.5, 0.6) is 5.75 Å². The number of aliphatic hydroxyl groups is 4. The molecule has 0 amide bonds. The Morgan fingerprint density at radius 1 is 1.05 bits per heavy atom. The van der Waals surface area contributed by atoms with Crippen LogP contribution >= 0.6 is 22.6 Å². The predicted molar refractivity (Wildman–Crippen MR) is 73.6 cm³/mol. The van der Waals surface area contributed by atoms with Crippen molar-refractivity contribution in [1.29, 1.82) is 0 Å². The second-order valence-corrected chi connectivity index (χ2v) is 5.51. The van der Waals surface area contributed by atoms with Gasteiger partial charge in [0.15, 0.2) is 0 Å². The molecule has 1 aromatic carbocycles. The highest BCUT2D eigenvalue weighted by Gasteiger charge is 2.44. The van der Waals surface area contributed by atoms with Gasteiger partial charge in [0.25, 0.3) is 0 Å². The molecule has 0 aromatic heterocycles. The molecule has 1 aliphatic rings. The van der Waals surface area contributed by atoms with Crippen molar-refractivity contribution in [2.24, 2.45) is 0 Å².